The van der Waals surface area contributed by atoms with Crippen molar-refractivity contribution in [3.05, 3.63) is 0 Å². The highest BCUT2D eigenvalue weighted by Gasteiger charge is 2.00. The second-order valence-electron chi connectivity index (χ2n) is 3.51. The third kappa shape index (κ3) is 7.58. The van der Waals surface area contributed by atoms with Crippen LogP contribution < -0.4 is 5.11 Å². The Labute approximate surface area is 75.0 Å². The highest BCUT2D eigenvalue weighted by Crippen LogP contribution is 2.14. The Morgan fingerprint density at radius 1 is 1.33 bits per heavy atom. The van der Waals surface area contributed by atoms with E-state index in [1.54, 1.807) is 0 Å². The first-order valence-corrected chi connectivity index (χ1v) is 4.86. The molecule has 0 N–H and O–H groups in total. The minimum absolute atomic E-state index is 0.216. The average Bonchev–Trinajstić information content (AvgIpc) is 2.01. The van der Waals surface area contributed by atoms with Crippen molar-refractivity contribution in [1.82, 2.24) is 0 Å². The lowest BCUT2D eigenvalue weighted by Crippen LogP contribution is -2.22. The molecule has 0 aromatic carbocycles. The normalized spacial score (nSPS) is 12.8. The van der Waals surface area contributed by atoms with Gasteiger partial charge in [-0.05, 0) is 18.8 Å². The van der Waals surface area contributed by atoms with E-state index < -0.39 is 5.97 Å². The Morgan fingerprint density at radius 3 is 2.50 bits per heavy atom. The predicted molar refractivity (Wildman–Crippen MR) is 47.5 cm³/mol. The summed E-state index contributed by atoms with van der Waals surface area (Å²) in [7, 11) is 0. The molecule has 0 rings (SSSR count). The Balaban J connectivity index is 3.21. The number of unbranched alkanes of at least 4 members (excludes halogenated alkanes) is 2. The van der Waals surface area contributed by atoms with Gasteiger partial charge in [-0.15, -0.1) is 0 Å². The summed E-state index contributed by atoms with van der Waals surface area (Å²) in [6.07, 6.45) is 5.86. The lowest BCUT2D eigenvalue weighted by atomic mass is 9.98. The number of hydrogen-bond donors (Lipinski definition) is 0. The van der Waals surface area contributed by atoms with Crippen LogP contribution in [0.2, 0.25) is 0 Å². The molecule has 0 aliphatic heterocycles. The molecule has 0 aromatic rings. The highest BCUT2D eigenvalue weighted by atomic mass is 16.4. The molecule has 12 heavy (non-hydrogen) atoms. The van der Waals surface area contributed by atoms with Crippen LogP contribution in [0, 0.1) is 5.92 Å². The third-order valence-corrected chi connectivity index (χ3v) is 2.14. The fourth-order valence-corrected chi connectivity index (χ4v) is 1.25. The number of carbonyl (C=O) groups is 1. The van der Waals surface area contributed by atoms with Crippen molar-refractivity contribution < 1.29 is 9.90 Å². The molecule has 0 aromatic heterocycles. The Hall–Kier alpha value is -0.530. The first-order valence-electron chi connectivity index (χ1n) is 4.86. The van der Waals surface area contributed by atoms with Gasteiger partial charge in [-0.3, -0.25) is 0 Å². The van der Waals surface area contributed by atoms with Gasteiger partial charge in [0, 0.05) is 5.97 Å². The maximum Gasteiger partial charge on any atom is 0.0414 e. The molecule has 0 bridgehead atoms. The summed E-state index contributed by atoms with van der Waals surface area (Å²) >= 11 is 0. The van der Waals surface area contributed by atoms with Crippen molar-refractivity contribution >= 4 is 5.97 Å². The summed E-state index contributed by atoms with van der Waals surface area (Å²) in [5.74, 6) is -0.383. The summed E-state index contributed by atoms with van der Waals surface area (Å²) < 4.78 is 0. The Kier molecular flexibility index (Phi) is 6.82. The van der Waals surface area contributed by atoms with Crippen molar-refractivity contribution in [2.24, 2.45) is 5.92 Å². The summed E-state index contributed by atoms with van der Waals surface area (Å²) in [4.78, 5) is 10.1. The Morgan fingerprint density at radius 2 is 2.00 bits per heavy atom. The predicted octanol–water partition coefficient (Wildman–Crippen LogP) is 1.73. The van der Waals surface area contributed by atoms with Gasteiger partial charge >= 0.3 is 0 Å². The molecule has 1 atom stereocenters. The maximum absolute atomic E-state index is 10.1. The molecule has 0 fully saturated rings. The fourth-order valence-electron chi connectivity index (χ4n) is 1.25. The van der Waals surface area contributed by atoms with Crippen LogP contribution in [-0.4, -0.2) is 5.97 Å². The van der Waals surface area contributed by atoms with Gasteiger partial charge in [0.1, 0.15) is 0 Å². The minimum Gasteiger partial charge on any atom is -0.550 e. The van der Waals surface area contributed by atoms with E-state index in [-0.39, 0.29) is 6.42 Å². The van der Waals surface area contributed by atoms with E-state index in [1.165, 1.54) is 19.3 Å². The summed E-state index contributed by atoms with van der Waals surface area (Å²) in [6.45, 7) is 4.28. The smallest absolute Gasteiger partial charge is 0.0414 e. The molecule has 1 unspecified atom stereocenters. The van der Waals surface area contributed by atoms with Crippen LogP contribution in [0.3, 0.4) is 0 Å². The molecule has 72 valence electrons. The zero-order chi connectivity index (χ0) is 9.40. The molecule has 0 heterocycles. The second kappa shape index (κ2) is 7.14. The molecule has 0 amide bonds. The quantitative estimate of drug-likeness (QED) is 0.547. The minimum atomic E-state index is -0.919. The van der Waals surface area contributed by atoms with Crippen LogP contribution in [0.4, 0.5) is 0 Å². The van der Waals surface area contributed by atoms with E-state index in [2.05, 4.69) is 13.8 Å². The van der Waals surface area contributed by atoms with Gasteiger partial charge in [-0.25, -0.2) is 0 Å². The number of rotatable bonds is 7. The number of carboxylic acid groups (broad SMARTS) is 1. The van der Waals surface area contributed by atoms with Crippen LogP contribution in [0.15, 0.2) is 0 Å². The molecule has 2 heteroatoms. The summed E-state index contributed by atoms with van der Waals surface area (Å²) in [5.41, 5.74) is 0. The zero-order valence-electron chi connectivity index (χ0n) is 8.14. The highest BCUT2D eigenvalue weighted by molar-refractivity contribution is 5.64. The van der Waals surface area contributed by atoms with E-state index in [4.69, 9.17) is 0 Å². The van der Waals surface area contributed by atoms with Gasteiger partial charge in [0.25, 0.3) is 0 Å². The summed E-state index contributed by atoms with van der Waals surface area (Å²) in [6, 6.07) is 0. The largest absolute Gasteiger partial charge is 0.550 e. The standard InChI is InChI=1S/C10H20O2/c1-3-4-5-6-9(2)7-8-10(11)12/h9H,3-8H2,1-2H3,(H,11,12)/p-1. The van der Waals surface area contributed by atoms with Crippen molar-refractivity contribution in [3.8, 4) is 0 Å². The maximum atomic E-state index is 10.1. The molecular weight excluding hydrogens is 152 g/mol. The SMILES string of the molecule is CCCCCC(C)CCC(=O)[O-]. The van der Waals surface area contributed by atoms with Crippen molar-refractivity contribution in [1.29, 1.82) is 0 Å². The molecule has 0 radical (unpaired) electrons. The number of aliphatic carboxylic acids is 1. The van der Waals surface area contributed by atoms with Gasteiger partial charge in [-0.2, -0.15) is 0 Å². The molecule has 0 aliphatic rings. The van der Waals surface area contributed by atoms with Crippen LogP contribution >= 0.6 is 0 Å². The first-order chi connectivity index (χ1) is 5.66. The number of hydrogen-bond acceptors (Lipinski definition) is 2. The lowest BCUT2D eigenvalue weighted by molar-refractivity contribution is -0.306. The van der Waals surface area contributed by atoms with E-state index in [0.717, 1.165) is 12.8 Å². The molecular formula is C10H19O2-. The van der Waals surface area contributed by atoms with Crippen LogP contribution in [0.25, 0.3) is 0 Å². The first kappa shape index (κ1) is 11.5. The van der Waals surface area contributed by atoms with E-state index in [9.17, 15) is 9.90 Å². The van der Waals surface area contributed by atoms with E-state index in [0.29, 0.717) is 5.92 Å². The molecule has 0 saturated heterocycles. The van der Waals surface area contributed by atoms with Gasteiger partial charge in [0.05, 0.1) is 0 Å². The molecule has 2 nitrogen and oxygen atoms in total. The van der Waals surface area contributed by atoms with Gasteiger partial charge in [0.2, 0.25) is 0 Å². The fraction of sp³-hybridized carbons (Fsp3) is 0.900. The second-order valence-corrected chi connectivity index (χ2v) is 3.51. The van der Waals surface area contributed by atoms with E-state index in [1.807, 2.05) is 0 Å². The monoisotopic (exact) mass is 171 g/mol. The van der Waals surface area contributed by atoms with Gasteiger partial charge in [0.15, 0.2) is 0 Å². The molecule has 0 saturated carbocycles. The van der Waals surface area contributed by atoms with Crippen molar-refractivity contribution in [2.45, 2.75) is 52.4 Å². The van der Waals surface area contributed by atoms with Crippen molar-refractivity contribution in [3.63, 3.8) is 0 Å². The summed E-state index contributed by atoms with van der Waals surface area (Å²) in [5, 5.41) is 10.1. The van der Waals surface area contributed by atoms with E-state index >= 15 is 0 Å². The average molecular weight is 171 g/mol. The van der Waals surface area contributed by atoms with Crippen LogP contribution in [0.5, 0.6) is 0 Å². The number of carbonyl (C=O) groups excluding carboxylic acids is 1. The van der Waals surface area contributed by atoms with Crippen LogP contribution in [0.1, 0.15) is 52.4 Å². The third-order valence-electron chi connectivity index (χ3n) is 2.14. The number of carboxylic acids is 1. The van der Waals surface area contributed by atoms with Crippen LogP contribution in [-0.2, 0) is 4.79 Å². The zero-order valence-corrected chi connectivity index (χ0v) is 8.14. The molecule has 0 aliphatic carbocycles. The Bertz CT molecular complexity index is 121. The molecule has 0 spiro atoms. The topological polar surface area (TPSA) is 40.1 Å². The van der Waals surface area contributed by atoms with Gasteiger partial charge in [-0.1, -0.05) is 39.5 Å². The lowest BCUT2D eigenvalue weighted by Gasteiger charge is -2.10. The van der Waals surface area contributed by atoms with Crippen molar-refractivity contribution in [2.75, 3.05) is 0 Å². The van der Waals surface area contributed by atoms with Gasteiger partial charge < -0.3 is 9.90 Å².